The molecule has 114 valence electrons. The summed E-state index contributed by atoms with van der Waals surface area (Å²) in [5.74, 6) is -0.211. The molecular formula is C14H26N4O2. The van der Waals surface area contributed by atoms with Gasteiger partial charge in [0.05, 0.1) is 11.0 Å². The van der Waals surface area contributed by atoms with Crippen LogP contribution in [0.4, 0.5) is 0 Å². The molecule has 6 heteroatoms. The number of amides is 2. The van der Waals surface area contributed by atoms with Gasteiger partial charge in [-0.2, -0.15) is 0 Å². The molecule has 6 nitrogen and oxygen atoms in total. The van der Waals surface area contributed by atoms with Crippen molar-refractivity contribution < 1.29 is 9.59 Å². The minimum Gasteiger partial charge on any atom is -0.369 e. The number of hydrogen-bond donors (Lipinski definition) is 2. The first kappa shape index (κ1) is 15.3. The quantitative estimate of drug-likeness (QED) is 0.724. The fourth-order valence-corrected chi connectivity index (χ4v) is 3.08. The van der Waals surface area contributed by atoms with Gasteiger partial charge in [0.1, 0.15) is 0 Å². The highest BCUT2D eigenvalue weighted by molar-refractivity contribution is 5.88. The molecule has 0 radical (unpaired) electrons. The summed E-state index contributed by atoms with van der Waals surface area (Å²) in [6.07, 6.45) is 0.658. The van der Waals surface area contributed by atoms with E-state index in [4.69, 9.17) is 5.73 Å². The number of piperazine rings is 1. The number of carbonyl (C=O) groups is 2. The molecule has 0 spiro atoms. The van der Waals surface area contributed by atoms with Gasteiger partial charge >= 0.3 is 0 Å². The smallest absolute Gasteiger partial charge is 0.242 e. The van der Waals surface area contributed by atoms with E-state index in [1.54, 1.807) is 4.90 Å². The van der Waals surface area contributed by atoms with Crippen LogP contribution in [0.1, 0.15) is 27.2 Å². The standard InChI is InChI=1S/C14H26N4O2/c1-13(2,18-8-5-16-6-9-18)12(20)17-7-4-14(3,10-17)11(15)19/h16H,4-10H2,1-3H3,(H2,15,19). The maximum absolute atomic E-state index is 12.8. The average Bonchev–Trinajstić information content (AvgIpc) is 2.83. The first-order valence-electron chi connectivity index (χ1n) is 7.32. The molecule has 2 heterocycles. The lowest BCUT2D eigenvalue weighted by Crippen LogP contribution is -2.60. The Labute approximate surface area is 120 Å². The number of rotatable bonds is 3. The molecule has 0 aliphatic carbocycles. The summed E-state index contributed by atoms with van der Waals surface area (Å²) in [7, 11) is 0. The van der Waals surface area contributed by atoms with Crippen LogP contribution in [0.3, 0.4) is 0 Å². The second-order valence-corrected chi connectivity index (χ2v) is 6.70. The van der Waals surface area contributed by atoms with Crippen molar-refractivity contribution in [2.75, 3.05) is 39.3 Å². The van der Waals surface area contributed by atoms with Gasteiger partial charge in [-0.05, 0) is 27.2 Å². The van der Waals surface area contributed by atoms with Gasteiger partial charge in [0.2, 0.25) is 11.8 Å². The zero-order chi connectivity index (χ0) is 15.0. The minimum atomic E-state index is -0.574. The van der Waals surface area contributed by atoms with Gasteiger partial charge < -0.3 is 16.0 Å². The second kappa shape index (κ2) is 5.33. The molecule has 1 unspecified atom stereocenters. The van der Waals surface area contributed by atoms with E-state index >= 15 is 0 Å². The molecule has 0 aromatic heterocycles. The predicted molar refractivity (Wildman–Crippen MR) is 77.0 cm³/mol. The van der Waals surface area contributed by atoms with Crippen LogP contribution in [0.2, 0.25) is 0 Å². The molecule has 2 fully saturated rings. The number of nitrogens with zero attached hydrogens (tertiary/aromatic N) is 2. The van der Waals surface area contributed by atoms with Gasteiger partial charge in [-0.15, -0.1) is 0 Å². The lowest BCUT2D eigenvalue weighted by atomic mass is 9.89. The number of primary amides is 1. The van der Waals surface area contributed by atoms with Crippen LogP contribution >= 0.6 is 0 Å². The SMILES string of the molecule is CC1(C(N)=O)CCN(C(=O)C(C)(C)N2CCNCC2)C1. The van der Waals surface area contributed by atoms with Crippen LogP contribution in [-0.4, -0.2) is 66.4 Å². The Balaban J connectivity index is 2.05. The van der Waals surface area contributed by atoms with Crippen molar-refractivity contribution >= 4 is 11.8 Å². The summed E-state index contributed by atoms with van der Waals surface area (Å²) >= 11 is 0. The number of nitrogens with two attached hydrogens (primary N) is 1. The minimum absolute atomic E-state index is 0.101. The molecule has 0 aromatic carbocycles. The van der Waals surface area contributed by atoms with Crippen LogP contribution in [-0.2, 0) is 9.59 Å². The van der Waals surface area contributed by atoms with E-state index in [1.807, 2.05) is 20.8 Å². The van der Waals surface area contributed by atoms with E-state index in [1.165, 1.54) is 0 Å². The van der Waals surface area contributed by atoms with Crippen molar-refractivity contribution in [3.8, 4) is 0 Å². The van der Waals surface area contributed by atoms with Gasteiger partial charge in [0.15, 0.2) is 0 Å². The molecule has 3 N–H and O–H groups in total. The molecule has 20 heavy (non-hydrogen) atoms. The third kappa shape index (κ3) is 2.67. The van der Waals surface area contributed by atoms with Crippen molar-refractivity contribution in [1.29, 1.82) is 0 Å². The maximum Gasteiger partial charge on any atom is 0.242 e. The summed E-state index contributed by atoms with van der Waals surface area (Å²) in [5, 5.41) is 3.30. The number of hydrogen-bond acceptors (Lipinski definition) is 4. The molecule has 2 rings (SSSR count). The Kier molecular flexibility index (Phi) is 4.07. The lowest BCUT2D eigenvalue weighted by molar-refractivity contribution is -0.142. The van der Waals surface area contributed by atoms with Crippen molar-refractivity contribution in [3.63, 3.8) is 0 Å². The molecule has 2 aliphatic heterocycles. The first-order chi connectivity index (χ1) is 9.27. The van der Waals surface area contributed by atoms with E-state index < -0.39 is 11.0 Å². The van der Waals surface area contributed by atoms with Crippen LogP contribution < -0.4 is 11.1 Å². The zero-order valence-electron chi connectivity index (χ0n) is 12.7. The third-order valence-electron chi connectivity index (χ3n) is 4.79. The number of carbonyl (C=O) groups excluding carboxylic acids is 2. The molecular weight excluding hydrogens is 256 g/mol. The Morgan fingerprint density at radius 3 is 2.30 bits per heavy atom. The molecule has 2 amide bonds. The Morgan fingerprint density at radius 2 is 1.80 bits per heavy atom. The number of nitrogens with one attached hydrogen (secondary N) is 1. The van der Waals surface area contributed by atoms with Gasteiger partial charge in [-0.1, -0.05) is 0 Å². The average molecular weight is 282 g/mol. The summed E-state index contributed by atoms with van der Waals surface area (Å²) in [6, 6.07) is 0. The molecule has 2 aliphatic rings. The molecule has 0 saturated carbocycles. The summed E-state index contributed by atoms with van der Waals surface area (Å²) < 4.78 is 0. The lowest BCUT2D eigenvalue weighted by Gasteiger charge is -2.42. The first-order valence-corrected chi connectivity index (χ1v) is 7.32. The molecule has 0 aromatic rings. The Morgan fingerprint density at radius 1 is 1.20 bits per heavy atom. The molecule has 0 bridgehead atoms. The third-order valence-corrected chi connectivity index (χ3v) is 4.79. The van der Waals surface area contributed by atoms with Gasteiger partial charge in [-0.3, -0.25) is 14.5 Å². The van der Waals surface area contributed by atoms with Gasteiger partial charge in [0, 0.05) is 39.3 Å². The highest BCUT2D eigenvalue weighted by Gasteiger charge is 2.45. The Bertz CT molecular complexity index is 404. The van der Waals surface area contributed by atoms with E-state index in [-0.39, 0.29) is 11.8 Å². The normalized spacial score (nSPS) is 28.6. The van der Waals surface area contributed by atoms with Crippen molar-refractivity contribution in [1.82, 2.24) is 15.1 Å². The summed E-state index contributed by atoms with van der Waals surface area (Å²) in [6.45, 7) is 10.4. The van der Waals surface area contributed by atoms with E-state index in [0.717, 1.165) is 26.2 Å². The second-order valence-electron chi connectivity index (χ2n) is 6.70. The van der Waals surface area contributed by atoms with Gasteiger partial charge in [-0.25, -0.2) is 0 Å². The van der Waals surface area contributed by atoms with Crippen molar-refractivity contribution in [2.24, 2.45) is 11.1 Å². The fraction of sp³-hybridized carbons (Fsp3) is 0.857. The molecule has 2 saturated heterocycles. The van der Waals surface area contributed by atoms with Crippen LogP contribution in [0.15, 0.2) is 0 Å². The largest absolute Gasteiger partial charge is 0.369 e. The number of likely N-dealkylation sites (tertiary alicyclic amines) is 1. The highest BCUT2D eigenvalue weighted by Crippen LogP contribution is 2.31. The van der Waals surface area contributed by atoms with Gasteiger partial charge in [0.25, 0.3) is 0 Å². The van der Waals surface area contributed by atoms with Crippen molar-refractivity contribution in [3.05, 3.63) is 0 Å². The van der Waals surface area contributed by atoms with E-state index in [0.29, 0.717) is 19.5 Å². The molecule has 1 atom stereocenters. The predicted octanol–water partition coefficient (Wildman–Crippen LogP) is -0.606. The zero-order valence-corrected chi connectivity index (χ0v) is 12.7. The van der Waals surface area contributed by atoms with Crippen LogP contribution in [0.25, 0.3) is 0 Å². The van der Waals surface area contributed by atoms with Crippen LogP contribution in [0.5, 0.6) is 0 Å². The summed E-state index contributed by atoms with van der Waals surface area (Å²) in [4.78, 5) is 28.3. The highest BCUT2D eigenvalue weighted by atomic mass is 16.2. The Hall–Kier alpha value is -1.14. The monoisotopic (exact) mass is 282 g/mol. The maximum atomic E-state index is 12.8. The van der Waals surface area contributed by atoms with E-state index in [2.05, 4.69) is 10.2 Å². The van der Waals surface area contributed by atoms with Crippen molar-refractivity contribution in [2.45, 2.75) is 32.7 Å². The van der Waals surface area contributed by atoms with Crippen LogP contribution in [0, 0.1) is 5.41 Å². The van der Waals surface area contributed by atoms with E-state index in [9.17, 15) is 9.59 Å². The fourth-order valence-electron chi connectivity index (χ4n) is 3.08. The topological polar surface area (TPSA) is 78.7 Å². The summed E-state index contributed by atoms with van der Waals surface area (Å²) in [5.41, 5.74) is 4.35.